The highest BCUT2D eigenvalue weighted by atomic mass is 31.2. The summed E-state index contributed by atoms with van der Waals surface area (Å²) >= 11 is 0. The van der Waals surface area contributed by atoms with Crippen molar-refractivity contribution in [1.29, 1.82) is 0 Å². The van der Waals surface area contributed by atoms with Crippen LogP contribution in [0.15, 0.2) is 0 Å². The summed E-state index contributed by atoms with van der Waals surface area (Å²) in [6, 6.07) is 0. The largest absolute Gasteiger partial charge is 0.339 e. The van der Waals surface area contributed by atoms with Gasteiger partial charge in [-0.1, -0.05) is 0 Å². The maximum atomic E-state index is 10.7. The minimum absolute atomic E-state index is 0.172. The standard InChI is InChI=1S/C6H19N2O3P3/c1-7(6-14(9,10)11)2-3-8(4-12)5-13/h2-6,12-13H2,1H3,(H2,9,10,11). The predicted octanol–water partition coefficient (Wildman–Crippen LogP) is 0.0206. The molecule has 0 bridgehead atoms. The van der Waals surface area contributed by atoms with E-state index in [2.05, 4.69) is 23.4 Å². The average Bonchev–Trinajstić information content (AvgIpc) is 2.03. The summed E-state index contributed by atoms with van der Waals surface area (Å²) in [4.78, 5) is 21.2. The Bertz CT molecular complexity index is 195. The van der Waals surface area contributed by atoms with Crippen LogP contribution >= 0.6 is 26.1 Å². The lowest BCUT2D eigenvalue weighted by Crippen LogP contribution is -2.32. The molecule has 0 fully saturated rings. The summed E-state index contributed by atoms with van der Waals surface area (Å²) in [6.07, 6.45) is 1.56. The molecule has 0 aromatic heterocycles. The molecule has 14 heavy (non-hydrogen) atoms. The first-order valence-corrected chi connectivity index (χ1v) is 7.67. The van der Waals surface area contributed by atoms with Gasteiger partial charge in [-0.05, 0) is 7.05 Å². The second-order valence-electron chi connectivity index (χ2n) is 3.15. The Kier molecular flexibility index (Phi) is 7.73. The molecule has 0 spiro atoms. The van der Waals surface area contributed by atoms with Gasteiger partial charge in [-0.3, -0.25) is 14.4 Å². The van der Waals surface area contributed by atoms with Crippen molar-refractivity contribution in [2.45, 2.75) is 0 Å². The van der Waals surface area contributed by atoms with Gasteiger partial charge >= 0.3 is 7.60 Å². The quantitative estimate of drug-likeness (QED) is 0.632. The molecule has 0 aromatic carbocycles. The number of rotatable bonds is 7. The molecule has 0 aliphatic heterocycles. The van der Waals surface area contributed by atoms with E-state index in [0.29, 0.717) is 6.54 Å². The van der Waals surface area contributed by atoms with Crippen LogP contribution in [-0.2, 0) is 4.57 Å². The molecular formula is C6H19N2O3P3. The van der Waals surface area contributed by atoms with E-state index in [4.69, 9.17) is 9.79 Å². The lowest BCUT2D eigenvalue weighted by molar-refractivity contribution is 0.273. The van der Waals surface area contributed by atoms with Crippen molar-refractivity contribution >= 4 is 26.1 Å². The van der Waals surface area contributed by atoms with Gasteiger partial charge in [0.05, 0.1) is 0 Å². The molecule has 0 saturated carbocycles. The molecule has 86 valence electrons. The topological polar surface area (TPSA) is 64.0 Å². The lowest BCUT2D eigenvalue weighted by Gasteiger charge is -2.22. The molecule has 0 aliphatic rings. The Morgan fingerprint density at radius 3 is 2.07 bits per heavy atom. The van der Waals surface area contributed by atoms with Crippen LogP contribution in [-0.4, -0.2) is 58.6 Å². The first kappa shape index (κ1) is 14.9. The van der Waals surface area contributed by atoms with E-state index in [0.717, 1.165) is 19.1 Å². The second-order valence-corrected chi connectivity index (χ2v) is 5.49. The van der Waals surface area contributed by atoms with E-state index in [9.17, 15) is 4.57 Å². The molecule has 0 aromatic rings. The third kappa shape index (κ3) is 8.26. The van der Waals surface area contributed by atoms with Crippen molar-refractivity contribution in [1.82, 2.24) is 9.80 Å². The summed E-state index contributed by atoms with van der Waals surface area (Å²) < 4.78 is 10.7. The number of likely N-dealkylation sites (N-methyl/N-ethyl adjacent to an activating group) is 1. The first-order valence-electron chi connectivity index (χ1n) is 4.24. The van der Waals surface area contributed by atoms with E-state index >= 15 is 0 Å². The smallest absolute Gasteiger partial charge is 0.324 e. The highest BCUT2D eigenvalue weighted by Gasteiger charge is 2.16. The second kappa shape index (κ2) is 7.24. The van der Waals surface area contributed by atoms with Crippen LogP contribution < -0.4 is 0 Å². The highest BCUT2D eigenvalue weighted by molar-refractivity contribution is 7.51. The van der Waals surface area contributed by atoms with E-state index in [-0.39, 0.29) is 6.29 Å². The molecule has 5 nitrogen and oxygen atoms in total. The van der Waals surface area contributed by atoms with Crippen LogP contribution in [0.5, 0.6) is 0 Å². The van der Waals surface area contributed by atoms with Gasteiger partial charge in [-0.15, -0.1) is 18.5 Å². The SMILES string of the molecule is CN(CCN(CP)CP)CP(=O)(O)O. The highest BCUT2D eigenvalue weighted by Crippen LogP contribution is 2.34. The van der Waals surface area contributed by atoms with Crippen LogP contribution in [0.2, 0.25) is 0 Å². The minimum Gasteiger partial charge on any atom is -0.324 e. The molecule has 0 radical (unpaired) electrons. The number of nitrogens with zero attached hydrogens (tertiary/aromatic N) is 2. The van der Waals surface area contributed by atoms with Crippen LogP contribution in [0.3, 0.4) is 0 Å². The fourth-order valence-corrected chi connectivity index (χ4v) is 2.69. The van der Waals surface area contributed by atoms with Crippen molar-refractivity contribution in [3.63, 3.8) is 0 Å². The van der Waals surface area contributed by atoms with E-state index in [1.807, 2.05) is 0 Å². The fourth-order valence-electron chi connectivity index (χ4n) is 0.954. The molecule has 0 heterocycles. The molecule has 0 saturated heterocycles. The summed E-state index contributed by atoms with van der Waals surface area (Å²) in [5.41, 5.74) is 0. The van der Waals surface area contributed by atoms with Crippen molar-refractivity contribution in [3.05, 3.63) is 0 Å². The zero-order valence-electron chi connectivity index (χ0n) is 8.33. The van der Waals surface area contributed by atoms with Crippen LogP contribution in [0.25, 0.3) is 0 Å². The Hall–Kier alpha value is 0.930. The molecule has 2 unspecified atom stereocenters. The molecule has 2 atom stereocenters. The normalized spacial score (nSPS) is 12.8. The predicted molar refractivity (Wildman–Crippen MR) is 65.4 cm³/mol. The van der Waals surface area contributed by atoms with Crippen LogP contribution in [0, 0.1) is 0 Å². The third-order valence-corrected chi connectivity index (χ3v) is 3.62. The maximum absolute atomic E-state index is 10.7. The molecule has 8 heteroatoms. The summed E-state index contributed by atoms with van der Waals surface area (Å²) in [6.45, 7) is 1.47. The zero-order valence-corrected chi connectivity index (χ0v) is 11.5. The number of hydrogen-bond donors (Lipinski definition) is 2. The fraction of sp³-hybridized carbons (Fsp3) is 1.00. The molecule has 0 rings (SSSR count). The monoisotopic (exact) mass is 260 g/mol. The zero-order chi connectivity index (χ0) is 11.2. The minimum atomic E-state index is -3.90. The van der Waals surface area contributed by atoms with Crippen LogP contribution in [0.4, 0.5) is 0 Å². The van der Waals surface area contributed by atoms with Crippen LogP contribution in [0.1, 0.15) is 0 Å². The van der Waals surface area contributed by atoms with Crippen molar-refractivity contribution in [2.75, 3.05) is 39.0 Å². The van der Waals surface area contributed by atoms with Crippen molar-refractivity contribution in [2.24, 2.45) is 0 Å². The summed E-state index contributed by atoms with van der Waals surface area (Å²) in [5, 5.41) is 0. The Balaban J connectivity index is 3.73. The van der Waals surface area contributed by atoms with Gasteiger partial charge in [0, 0.05) is 25.7 Å². The third-order valence-electron chi connectivity index (χ3n) is 1.74. The molecular weight excluding hydrogens is 241 g/mol. The average molecular weight is 260 g/mol. The summed E-state index contributed by atoms with van der Waals surface area (Å²) in [5.74, 6) is 0. The van der Waals surface area contributed by atoms with Gasteiger partial charge in [0.25, 0.3) is 0 Å². The summed E-state index contributed by atoms with van der Waals surface area (Å²) in [7, 11) is 3.06. The Labute approximate surface area is 89.8 Å². The number of hydrogen-bond acceptors (Lipinski definition) is 3. The van der Waals surface area contributed by atoms with Gasteiger partial charge in [0.2, 0.25) is 0 Å². The van der Waals surface area contributed by atoms with Gasteiger partial charge in [-0.2, -0.15) is 0 Å². The van der Waals surface area contributed by atoms with Crippen molar-refractivity contribution < 1.29 is 14.4 Å². The lowest BCUT2D eigenvalue weighted by atomic mass is 10.5. The van der Waals surface area contributed by atoms with Gasteiger partial charge in [0.15, 0.2) is 0 Å². The van der Waals surface area contributed by atoms with Gasteiger partial charge in [-0.25, -0.2) is 0 Å². The Morgan fingerprint density at radius 1 is 1.21 bits per heavy atom. The maximum Gasteiger partial charge on any atom is 0.339 e. The Morgan fingerprint density at radius 2 is 1.71 bits per heavy atom. The first-order chi connectivity index (χ1) is 6.39. The van der Waals surface area contributed by atoms with E-state index < -0.39 is 7.60 Å². The van der Waals surface area contributed by atoms with Crippen molar-refractivity contribution in [3.8, 4) is 0 Å². The molecule has 2 N–H and O–H groups in total. The van der Waals surface area contributed by atoms with Gasteiger partial charge in [0.1, 0.15) is 6.29 Å². The van der Waals surface area contributed by atoms with E-state index in [1.54, 1.807) is 11.9 Å². The van der Waals surface area contributed by atoms with Gasteiger partial charge < -0.3 is 9.79 Å². The molecule has 0 aliphatic carbocycles. The molecule has 0 amide bonds. The van der Waals surface area contributed by atoms with E-state index in [1.165, 1.54) is 0 Å².